The molecule has 0 fully saturated rings. The summed E-state index contributed by atoms with van der Waals surface area (Å²) in [7, 11) is 0. The van der Waals surface area contributed by atoms with Crippen LogP contribution in [0.15, 0.2) is 48.7 Å². The Morgan fingerprint density at radius 2 is 1.61 bits per heavy atom. The molecule has 1 heterocycles. The number of nitrogens with one attached hydrogen (secondary N) is 2. The van der Waals surface area contributed by atoms with Gasteiger partial charge in [-0.2, -0.15) is 10.1 Å². The number of halogens is 2. The minimum Gasteiger partial charge on any atom is -0.339 e. The van der Waals surface area contributed by atoms with Gasteiger partial charge in [0.25, 0.3) is 0 Å². The Bertz CT molecular complexity index is 821. The van der Waals surface area contributed by atoms with Gasteiger partial charge >= 0.3 is 0 Å². The lowest BCUT2D eigenvalue weighted by molar-refractivity contribution is 0.509. The van der Waals surface area contributed by atoms with Crippen molar-refractivity contribution in [1.82, 2.24) is 15.2 Å². The van der Waals surface area contributed by atoms with E-state index >= 15 is 0 Å². The van der Waals surface area contributed by atoms with Gasteiger partial charge < -0.3 is 10.6 Å². The Kier molecular flexibility index (Phi) is 4.09. The second-order valence-corrected chi connectivity index (χ2v) is 4.91. The van der Waals surface area contributed by atoms with Gasteiger partial charge in [0.15, 0.2) is 17.5 Å². The van der Waals surface area contributed by atoms with E-state index in [0.717, 1.165) is 23.4 Å². The fourth-order valence-electron chi connectivity index (χ4n) is 1.90. The number of aromatic nitrogens is 3. The number of rotatable bonds is 4. The predicted octanol–water partition coefficient (Wildman–Crippen LogP) is 3.95. The number of aryl methyl sites for hydroxylation is 1. The number of hydrogen-bond acceptors (Lipinski definition) is 5. The zero-order valence-electron chi connectivity index (χ0n) is 12.2. The Labute approximate surface area is 131 Å². The highest BCUT2D eigenvalue weighted by molar-refractivity contribution is 5.58. The molecule has 3 aromatic rings. The van der Waals surface area contributed by atoms with Crippen molar-refractivity contribution in [3.8, 4) is 0 Å². The van der Waals surface area contributed by atoms with Crippen LogP contribution >= 0.6 is 0 Å². The Morgan fingerprint density at radius 1 is 0.870 bits per heavy atom. The maximum Gasteiger partial charge on any atom is 0.249 e. The third-order valence-corrected chi connectivity index (χ3v) is 3.06. The molecular weight excluding hydrogens is 300 g/mol. The summed E-state index contributed by atoms with van der Waals surface area (Å²) in [6.07, 6.45) is 1.39. The molecule has 0 amide bonds. The molecule has 0 spiro atoms. The molecule has 2 N–H and O–H groups in total. The van der Waals surface area contributed by atoms with Crippen molar-refractivity contribution in [1.29, 1.82) is 0 Å². The van der Waals surface area contributed by atoms with Crippen molar-refractivity contribution in [3.05, 3.63) is 65.9 Å². The van der Waals surface area contributed by atoms with Gasteiger partial charge in [-0.1, -0.05) is 17.7 Å². The predicted molar refractivity (Wildman–Crippen MR) is 83.9 cm³/mol. The van der Waals surface area contributed by atoms with Gasteiger partial charge in [-0.25, -0.2) is 8.78 Å². The highest BCUT2D eigenvalue weighted by atomic mass is 19.2. The van der Waals surface area contributed by atoms with E-state index in [-0.39, 0.29) is 0 Å². The van der Waals surface area contributed by atoms with Crippen molar-refractivity contribution < 1.29 is 8.78 Å². The number of hydrogen-bond donors (Lipinski definition) is 2. The standard InChI is InChI=1S/C16H13F2N5/c1-10-2-4-11(5-3-10)21-16-22-15(9-19-23-16)20-12-6-7-13(17)14(18)8-12/h2-9H,1H3,(H2,20,21,22,23). The largest absolute Gasteiger partial charge is 0.339 e. The lowest BCUT2D eigenvalue weighted by Crippen LogP contribution is -2.02. The van der Waals surface area contributed by atoms with Crippen LogP contribution in [0.25, 0.3) is 0 Å². The number of benzene rings is 2. The van der Waals surface area contributed by atoms with Gasteiger partial charge in [0.1, 0.15) is 0 Å². The molecule has 0 aliphatic carbocycles. The highest BCUT2D eigenvalue weighted by Crippen LogP contribution is 2.19. The van der Waals surface area contributed by atoms with E-state index < -0.39 is 11.6 Å². The summed E-state index contributed by atoms with van der Waals surface area (Å²) in [5.74, 6) is -1.19. The van der Waals surface area contributed by atoms with E-state index in [2.05, 4.69) is 25.8 Å². The van der Waals surface area contributed by atoms with E-state index in [0.29, 0.717) is 17.5 Å². The van der Waals surface area contributed by atoms with Crippen LogP contribution in [0.1, 0.15) is 5.56 Å². The summed E-state index contributed by atoms with van der Waals surface area (Å²) in [5.41, 5.74) is 2.33. The van der Waals surface area contributed by atoms with E-state index in [4.69, 9.17) is 0 Å². The lowest BCUT2D eigenvalue weighted by Gasteiger charge is -2.08. The van der Waals surface area contributed by atoms with Crippen LogP contribution < -0.4 is 10.6 Å². The van der Waals surface area contributed by atoms with E-state index in [9.17, 15) is 8.78 Å². The molecule has 0 aliphatic heterocycles. The summed E-state index contributed by atoms with van der Waals surface area (Å²) in [4.78, 5) is 4.23. The zero-order chi connectivity index (χ0) is 16.2. The Hall–Kier alpha value is -3.09. The minimum absolute atomic E-state index is 0.293. The van der Waals surface area contributed by atoms with E-state index in [1.165, 1.54) is 12.3 Å². The first kappa shape index (κ1) is 14.8. The SMILES string of the molecule is Cc1ccc(Nc2nncc(Nc3ccc(F)c(F)c3)n2)cc1. The summed E-state index contributed by atoms with van der Waals surface area (Å²) >= 11 is 0. The van der Waals surface area contributed by atoms with Gasteiger partial charge in [-0.05, 0) is 31.2 Å². The van der Waals surface area contributed by atoms with Crippen molar-refractivity contribution in [3.63, 3.8) is 0 Å². The van der Waals surface area contributed by atoms with Crippen LogP contribution in [0, 0.1) is 18.6 Å². The molecule has 0 aliphatic rings. The second-order valence-electron chi connectivity index (χ2n) is 4.91. The molecule has 5 nitrogen and oxygen atoms in total. The normalized spacial score (nSPS) is 10.4. The first-order valence-corrected chi connectivity index (χ1v) is 6.86. The fraction of sp³-hybridized carbons (Fsp3) is 0.0625. The quantitative estimate of drug-likeness (QED) is 0.764. The summed E-state index contributed by atoms with van der Waals surface area (Å²) in [5, 5.41) is 13.6. The average molecular weight is 313 g/mol. The maximum absolute atomic E-state index is 13.2. The molecule has 0 bridgehead atoms. The van der Waals surface area contributed by atoms with E-state index in [1.807, 2.05) is 31.2 Å². The third-order valence-electron chi connectivity index (χ3n) is 3.06. The minimum atomic E-state index is -0.935. The Balaban J connectivity index is 1.76. The zero-order valence-corrected chi connectivity index (χ0v) is 12.2. The summed E-state index contributed by atoms with van der Waals surface area (Å²) in [6.45, 7) is 1.99. The number of nitrogens with zero attached hydrogens (tertiary/aromatic N) is 3. The third kappa shape index (κ3) is 3.76. The second kappa shape index (κ2) is 6.35. The van der Waals surface area contributed by atoms with Gasteiger partial charge in [0.2, 0.25) is 5.95 Å². The van der Waals surface area contributed by atoms with Crippen molar-refractivity contribution in [2.75, 3.05) is 10.6 Å². The highest BCUT2D eigenvalue weighted by Gasteiger charge is 2.05. The molecule has 0 unspecified atom stereocenters. The molecule has 0 saturated heterocycles. The molecule has 116 valence electrons. The van der Waals surface area contributed by atoms with Crippen LogP contribution in [0.2, 0.25) is 0 Å². The smallest absolute Gasteiger partial charge is 0.249 e. The fourth-order valence-corrected chi connectivity index (χ4v) is 1.90. The van der Waals surface area contributed by atoms with Crippen LogP contribution in [0.3, 0.4) is 0 Å². The van der Waals surface area contributed by atoms with Gasteiger partial charge in [-0.15, -0.1) is 5.10 Å². The maximum atomic E-state index is 13.2. The Morgan fingerprint density at radius 3 is 2.35 bits per heavy atom. The summed E-state index contributed by atoms with van der Waals surface area (Å²) in [6, 6.07) is 11.2. The van der Waals surface area contributed by atoms with Crippen molar-refractivity contribution >= 4 is 23.1 Å². The van der Waals surface area contributed by atoms with Gasteiger partial charge in [-0.3, -0.25) is 0 Å². The molecule has 7 heteroatoms. The van der Waals surface area contributed by atoms with Crippen LogP contribution in [0.4, 0.5) is 31.9 Å². The molecule has 2 aromatic carbocycles. The van der Waals surface area contributed by atoms with Crippen LogP contribution in [-0.2, 0) is 0 Å². The first-order valence-electron chi connectivity index (χ1n) is 6.86. The topological polar surface area (TPSA) is 62.7 Å². The molecule has 3 rings (SSSR count). The molecule has 0 radical (unpaired) electrons. The van der Waals surface area contributed by atoms with Crippen molar-refractivity contribution in [2.24, 2.45) is 0 Å². The number of anilines is 4. The molecule has 23 heavy (non-hydrogen) atoms. The van der Waals surface area contributed by atoms with Crippen molar-refractivity contribution in [2.45, 2.75) is 6.92 Å². The monoisotopic (exact) mass is 313 g/mol. The molecule has 1 aromatic heterocycles. The van der Waals surface area contributed by atoms with Crippen LogP contribution in [0.5, 0.6) is 0 Å². The molecular formula is C16H13F2N5. The van der Waals surface area contributed by atoms with Gasteiger partial charge in [0.05, 0.1) is 6.20 Å². The lowest BCUT2D eigenvalue weighted by atomic mass is 10.2. The van der Waals surface area contributed by atoms with Crippen LogP contribution in [-0.4, -0.2) is 15.2 Å². The van der Waals surface area contributed by atoms with Gasteiger partial charge in [0, 0.05) is 17.4 Å². The van der Waals surface area contributed by atoms with E-state index in [1.54, 1.807) is 0 Å². The summed E-state index contributed by atoms with van der Waals surface area (Å²) < 4.78 is 26.1. The first-order chi connectivity index (χ1) is 11.1. The average Bonchev–Trinajstić information content (AvgIpc) is 2.54. The molecule has 0 saturated carbocycles. The molecule has 0 atom stereocenters.